The summed E-state index contributed by atoms with van der Waals surface area (Å²) in [7, 11) is 1.81. The van der Waals surface area contributed by atoms with Gasteiger partial charge in [0, 0.05) is 48.4 Å². The second-order valence-electron chi connectivity index (χ2n) is 8.62. The Morgan fingerprint density at radius 3 is 2.94 bits per heavy atom. The molecule has 0 saturated carbocycles. The molecule has 31 heavy (non-hydrogen) atoms. The van der Waals surface area contributed by atoms with Crippen LogP contribution in [0, 0.1) is 0 Å². The summed E-state index contributed by atoms with van der Waals surface area (Å²) < 4.78 is 5.72. The zero-order valence-electron chi connectivity index (χ0n) is 18.0. The molecule has 1 aromatic heterocycles. The number of H-pyrrole nitrogens is 1. The molecule has 2 N–H and O–H groups in total. The Bertz CT molecular complexity index is 925. The zero-order chi connectivity index (χ0) is 21.8. The average molecular weight is 447 g/mol. The predicted molar refractivity (Wildman–Crippen MR) is 121 cm³/mol. The monoisotopic (exact) mass is 446 g/mol. The van der Waals surface area contributed by atoms with E-state index in [0.717, 1.165) is 61.9 Å². The van der Waals surface area contributed by atoms with Gasteiger partial charge in [-0.05, 0) is 56.4 Å². The molecule has 0 aliphatic carbocycles. The standard InChI is InChI=1S/C23H31ClN4O3/c1-27(23(30)25-14-18-12-16-11-17(24)7-8-21(16)26-18)19-5-4-9-28(15-19)22(29)13-20-6-2-3-10-31-20/h7-8,11-12,19-20,26H,2-6,9-10,13-15H2,1H3,(H,25,30). The number of ether oxygens (including phenoxy) is 1. The van der Waals surface area contributed by atoms with Crippen molar-refractivity contribution in [2.75, 3.05) is 26.7 Å². The Kier molecular flexibility index (Phi) is 7.02. The summed E-state index contributed by atoms with van der Waals surface area (Å²) in [6, 6.07) is 7.55. The fourth-order valence-corrected chi connectivity index (χ4v) is 4.69. The minimum Gasteiger partial charge on any atom is -0.378 e. The van der Waals surface area contributed by atoms with Crippen LogP contribution in [0.25, 0.3) is 10.9 Å². The lowest BCUT2D eigenvalue weighted by Crippen LogP contribution is -2.52. The van der Waals surface area contributed by atoms with Crippen LogP contribution in [0.4, 0.5) is 4.79 Å². The van der Waals surface area contributed by atoms with Crippen molar-refractivity contribution in [2.45, 2.75) is 57.2 Å². The van der Waals surface area contributed by atoms with Crippen LogP contribution in [0.15, 0.2) is 24.3 Å². The van der Waals surface area contributed by atoms with Crippen LogP contribution in [-0.4, -0.2) is 65.6 Å². The molecule has 0 bridgehead atoms. The molecule has 2 aromatic rings. The molecular formula is C23H31ClN4O3. The lowest BCUT2D eigenvalue weighted by atomic mass is 10.0. The van der Waals surface area contributed by atoms with Gasteiger partial charge in [0.1, 0.15) is 0 Å². The highest BCUT2D eigenvalue weighted by molar-refractivity contribution is 6.31. The van der Waals surface area contributed by atoms with Gasteiger partial charge in [0.2, 0.25) is 5.91 Å². The van der Waals surface area contributed by atoms with E-state index >= 15 is 0 Å². The Morgan fingerprint density at radius 2 is 2.13 bits per heavy atom. The van der Waals surface area contributed by atoms with Crippen molar-refractivity contribution in [1.29, 1.82) is 0 Å². The van der Waals surface area contributed by atoms with Gasteiger partial charge in [-0.2, -0.15) is 0 Å². The zero-order valence-corrected chi connectivity index (χ0v) is 18.8. The number of likely N-dealkylation sites (tertiary alicyclic amines) is 1. The third-order valence-electron chi connectivity index (χ3n) is 6.36. The molecule has 3 heterocycles. The topological polar surface area (TPSA) is 77.7 Å². The number of hydrogen-bond donors (Lipinski definition) is 2. The molecule has 8 heteroatoms. The van der Waals surface area contributed by atoms with E-state index in [2.05, 4.69) is 10.3 Å². The van der Waals surface area contributed by atoms with Gasteiger partial charge in [0.25, 0.3) is 0 Å². The van der Waals surface area contributed by atoms with E-state index in [9.17, 15) is 9.59 Å². The van der Waals surface area contributed by atoms with Crippen LogP contribution < -0.4 is 5.32 Å². The number of amides is 3. The molecule has 0 spiro atoms. The smallest absolute Gasteiger partial charge is 0.317 e. The Labute approximate surface area is 188 Å². The van der Waals surface area contributed by atoms with Gasteiger partial charge in [-0.3, -0.25) is 4.79 Å². The SMILES string of the molecule is CN(C(=O)NCc1cc2cc(Cl)ccc2[nH]1)C1CCCN(C(=O)CC2CCCCO2)C1. The number of halogens is 1. The van der Waals surface area contributed by atoms with Crippen molar-refractivity contribution < 1.29 is 14.3 Å². The van der Waals surface area contributed by atoms with E-state index < -0.39 is 0 Å². The van der Waals surface area contributed by atoms with Gasteiger partial charge >= 0.3 is 6.03 Å². The summed E-state index contributed by atoms with van der Waals surface area (Å²) in [5.74, 6) is 0.141. The number of fused-ring (bicyclic) bond motifs is 1. The number of aromatic nitrogens is 1. The number of aromatic amines is 1. The normalized spacial score (nSPS) is 21.8. The van der Waals surface area contributed by atoms with Crippen molar-refractivity contribution >= 4 is 34.4 Å². The molecule has 2 fully saturated rings. The van der Waals surface area contributed by atoms with Crippen LogP contribution in [0.5, 0.6) is 0 Å². The van der Waals surface area contributed by atoms with E-state index in [1.54, 1.807) is 4.90 Å². The first-order valence-corrected chi connectivity index (χ1v) is 11.5. The van der Waals surface area contributed by atoms with E-state index in [-0.39, 0.29) is 24.1 Å². The first-order valence-electron chi connectivity index (χ1n) is 11.2. The van der Waals surface area contributed by atoms with Crippen LogP contribution >= 0.6 is 11.6 Å². The number of rotatable bonds is 5. The Hall–Kier alpha value is -2.25. The maximum atomic E-state index is 12.7. The highest BCUT2D eigenvalue weighted by Gasteiger charge is 2.30. The molecule has 2 aliphatic heterocycles. The second kappa shape index (κ2) is 9.92. The second-order valence-corrected chi connectivity index (χ2v) is 9.06. The fraction of sp³-hybridized carbons (Fsp3) is 0.565. The van der Waals surface area contributed by atoms with E-state index in [1.807, 2.05) is 36.2 Å². The van der Waals surface area contributed by atoms with Crippen molar-refractivity contribution in [2.24, 2.45) is 0 Å². The third kappa shape index (κ3) is 5.52. The molecular weight excluding hydrogens is 416 g/mol. The summed E-state index contributed by atoms with van der Waals surface area (Å²) in [6.07, 6.45) is 5.49. The molecule has 2 aliphatic rings. The number of nitrogens with one attached hydrogen (secondary N) is 2. The van der Waals surface area contributed by atoms with Gasteiger partial charge in [-0.25, -0.2) is 4.79 Å². The molecule has 0 radical (unpaired) electrons. The quantitative estimate of drug-likeness (QED) is 0.730. The average Bonchev–Trinajstić information content (AvgIpc) is 3.19. The Morgan fingerprint density at radius 1 is 1.26 bits per heavy atom. The molecule has 3 amide bonds. The van der Waals surface area contributed by atoms with Crippen molar-refractivity contribution in [3.05, 3.63) is 35.0 Å². The maximum Gasteiger partial charge on any atom is 0.317 e. The number of carbonyl (C=O) groups excluding carboxylic acids is 2. The van der Waals surface area contributed by atoms with E-state index in [0.29, 0.717) is 24.5 Å². The molecule has 2 atom stereocenters. The predicted octanol–water partition coefficient (Wildman–Crippen LogP) is 3.91. The summed E-state index contributed by atoms with van der Waals surface area (Å²) in [5.41, 5.74) is 1.91. The Balaban J connectivity index is 1.28. The van der Waals surface area contributed by atoms with Crippen molar-refractivity contribution in [3.8, 4) is 0 Å². The number of nitrogens with zero attached hydrogens (tertiary/aromatic N) is 2. The number of urea groups is 1. The molecule has 2 unspecified atom stereocenters. The van der Waals surface area contributed by atoms with Gasteiger partial charge < -0.3 is 24.8 Å². The van der Waals surface area contributed by atoms with Gasteiger partial charge in [0.15, 0.2) is 0 Å². The highest BCUT2D eigenvalue weighted by Crippen LogP contribution is 2.21. The lowest BCUT2D eigenvalue weighted by molar-refractivity contribution is -0.137. The van der Waals surface area contributed by atoms with E-state index in [1.165, 1.54) is 0 Å². The largest absolute Gasteiger partial charge is 0.378 e. The number of benzene rings is 1. The maximum absolute atomic E-state index is 12.7. The minimum absolute atomic E-state index is 0.0199. The van der Waals surface area contributed by atoms with Crippen molar-refractivity contribution in [1.82, 2.24) is 20.1 Å². The van der Waals surface area contributed by atoms with Crippen LogP contribution in [0.2, 0.25) is 5.02 Å². The van der Waals surface area contributed by atoms with Crippen LogP contribution in [-0.2, 0) is 16.1 Å². The number of piperidine rings is 1. The first kappa shape index (κ1) is 22.0. The molecule has 2 saturated heterocycles. The third-order valence-corrected chi connectivity index (χ3v) is 6.60. The van der Waals surface area contributed by atoms with Gasteiger partial charge in [-0.1, -0.05) is 11.6 Å². The minimum atomic E-state index is -0.133. The molecule has 4 rings (SSSR count). The molecule has 168 valence electrons. The van der Waals surface area contributed by atoms with Crippen LogP contribution in [0.3, 0.4) is 0 Å². The fourth-order valence-electron chi connectivity index (χ4n) is 4.51. The van der Waals surface area contributed by atoms with Crippen LogP contribution in [0.1, 0.15) is 44.2 Å². The lowest BCUT2D eigenvalue weighted by Gasteiger charge is -2.38. The summed E-state index contributed by atoms with van der Waals surface area (Å²) in [4.78, 5) is 32.4. The number of hydrogen-bond acceptors (Lipinski definition) is 3. The summed E-state index contributed by atoms with van der Waals surface area (Å²) >= 11 is 6.05. The highest BCUT2D eigenvalue weighted by atomic mass is 35.5. The molecule has 1 aromatic carbocycles. The summed E-state index contributed by atoms with van der Waals surface area (Å²) in [5, 5.41) is 4.69. The number of carbonyl (C=O) groups is 2. The van der Waals surface area contributed by atoms with Gasteiger partial charge in [0.05, 0.1) is 25.1 Å². The van der Waals surface area contributed by atoms with Gasteiger partial charge in [-0.15, -0.1) is 0 Å². The molecule has 7 nitrogen and oxygen atoms in total. The van der Waals surface area contributed by atoms with E-state index in [4.69, 9.17) is 16.3 Å². The first-order chi connectivity index (χ1) is 15.0. The summed E-state index contributed by atoms with van der Waals surface area (Å²) in [6.45, 7) is 2.51. The van der Waals surface area contributed by atoms with Crippen molar-refractivity contribution in [3.63, 3.8) is 0 Å². The number of likely N-dealkylation sites (N-methyl/N-ethyl adjacent to an activating group) is 1.